The maximum Gasteiger partial charge on any atom is 0.339 e. The smallest absolute Gasteiger partial charge is 0.339 e. The van der Waals surface area contributed by atoms with Crippen LogP contribution in [0.3, 0.4) is 0 Å². The van der Waals surface area contributed by atoms with E-state index in [9.17, 15) is 9.90 Å². The van der Waals surface area contributed by atoms with Crippen molar-refractivity contribution in [2.75, 3.05) is 7.11 Å². The fraction of sp³-hybridized carbons (Fsp3) is 0.500. The van der Waals surface area contributed by atoms with E-state index >= 15 is 0 Å². The predicted octanol–water partition coefficient (Wildman–Crippen LogP) is 2.55. The second kappa shape index (κ2) is 5.32. The molecule has 0 bridgehead atoms. The highest BCUT2D eigenvalue weighted by Crippen LogP contribution is 2.34. The van der Waals surface area contributed by atoms with E-state index in [0.29, 0.717) is 11.5 Å². The maximum absolute atomic E-state index is 11.2. The number of ether oxygens (including phenoxy) is 1. The van der Waals surface area contributed by atoms with Crippen LogP contribution in [0.15, 0.2) is 24.3 Å². The van der Waals surface area contributed by atoms with Crippen LogP contribution >= 0.6 is 0 Å². The van der Waals surface area contributed by atoms with Gasteiger partial charge in [0, 0.05) is 0 Å². The molecular formula is C14H18O3. The van der Waals surface area contributed by atoms with E-state index in [2.05, 4.69) is 4.74 Å². The van der Waals surface area contributed by atoms with Gasteiger partial charge in [-0.2, -0.15) is 0 Å². The summed E-state index contributed by atoms with van der Waals surface area (Å²) in [7, 11) is 1.28. The normalized spacial score (nSPS) is 18.0. The highest BCUT2D eigenvalue weighted by molar-refractivity contribution is 5.76. The Morgan fingerprint density at radius 3 is 2.41 bits per heavy atom. The number of aliphatic hydroxyl groups excluding tert-OH is 1. The predicted molar refractivity (Wildman–Crippen MR) is 64.6 cm³/mol. The molecule has 92 valence electrons. The molecular weight excluding hydrogens is 216 g/mol. The van der Waals surface area contributed by atoms with Gasteiger partial charge < -0.3 is 9.84 Å². The van der Waals surface area contributed by atoms with Gasteiger partial charge in [0.05, 0.1) is 7.11 Å². The molecule has 0 spiro atoms. The monoisotopic (exact) mass is 234 g/mol. The third-order valence-electron chi connectivity index (χ3n) is 3.50. The van der Waals surface area contributed by atoms with Crippen LogP contribution in [0.1, 0.15) is 48.8 Å². The fourth-order valence-electron chi connectivity index (χ4n) is 2.46. The number of methoxy groups -OCH3 is 1. The largest absolute Gasteiger partial charge is 0.467 e. The van der Waals surface area contributed by atoms with Crippen LogP contribution in [0.25, 0.3) is 0 Å². The molecule has 1 fully saturated rings. The molecule has 1 aliphatic carbocycles. The molecule has 1 saturated carbocycles. The molecule has 1 unspecified atom stereocenters. The van der Waals surface area contributed by atoms with Gasteiger partial charge in [-0.3, -0.25) is 0 Å². The van der Waals surface area contributed by atoms with Gasteiger partial charge in [-0.25, -0.2) is 4.79 Å². The minimum Gasteiger partial charge on any atom is -0.467 e. The maximum atomic E-state index is 11.2. The molecule has 0 amide bonds. The summed E-state index contributed by atoms with van der Waals surface area (Å²) in [5.41, 5.74) is 1.90. The molecule has 3 heteroatoms. The lowest BCUT2D eigenvalue weighted by Gasteiger charge is -2.12. The van der Waals surface area contributed by atoms with Gasteiger partial charge in [0.1, 0.15) is 0 Å². The molecule has 17 heavy (non-hydrogen) atoms. The number of carbonyl (C=O) groups excluding carboxylic acids is 1. The third kappa shape index (κ3) is 2.67. The standard InChI is InChI=1S/C14H18O3/c1-17-14(16)13(15)12-8-6-11(7-9-12)10-4-2-3-5-10/h6-10,13,15H,2-5H2,1H3. The minimum atomic E-state index is -1.17. The van der Waals surface area contributed by atoms with Gasteiger partial charge >= 0.3 is 5.97 Å². The quantitative estimate of drug-likeness (QED) is 0.817. The van der Waals surface area contributed by atoms with Crippen LogP contribution in [0, 0.1) is 0 Å². The number of carbonyl (C=O) groups is 1. The SMILES string of the molecule is COC(=O)C(O)c1ccc(C2CCCC2)cc1. The number of hydrogen-bond acceptors (Lipinski definition) is 3. The molecule has 0 aliphatic heterocycles. The topological polar surface area (TPSA) is 46.5 Å². The van der Waals surface area contributed by atoms with E-state index in [-0.39, 0.29) is 0 Å². The lowest BCUT2D eigenvalue weighted by atomic mass is 9.96. The summed E-state index contributed by atoms with van der Waals surface area (Å²) in [5, 5.41) is 9.67. The van der Waals surface area contributed by atoms with Crippen LogP contribution in [0.4, 0.5) is 0 Å². The van der Waals surface area contributed by atoms with Crippen LogP contribution in [0.2, 0.25) is 0 Å². The Morgan fingerprint density at radius 2 is 1.88 bits per heavy atom. The summed E-state index contributed by atoms with van der Waals surface area (Å²) in [6.07, 6.45) is 3.93. The highest BCUT2D eigenvalue weighted by atomic mass is 16.5. The van der Waals surface area contributed by atoms with E-state index in [1.807, 2.05) is 24.3 Å². The zero-order valence-electron chi connectivity index (χ0n) is 10.1. The number of aliphatic hydroxyl groups is 1. The second-order valence-corrected chi connectivity index (χ2v) is 4.57. The molecule has 1 atom stereocenters. The highest BCUT2D eigenvalue weighted by Gasteiger charge is 2.20. The van der Waals surface area contributed by atoms with Crippen LogP contribution in [-0.4, -0.2) is 18.2 Å². The van der Waals surface area contributed by atoms with Crippen molar-refractivity contribution in [3.63, 3.8) is 0 Å². The van der Waals surface area contributed by atoms with Gasteiger partial charge in [0.2, 0.25) is 0 Å². The molecule has 0 heterocycles. The van der Waals surface area contributed by atoms with Crippen molar-refractivity contribution in [1.82, 2.24) is 0 Å². The molecule has 1 aromatic rings. The first-order valence-corrected chi connectivity index (χ1v) is 6.08. The van der Waals surface area contributed by atoms with Crippen molar-refractivity contribution in [3.05, 3.63) is 35.4 Å². The molecule has 3 nitrogen and oxygen atoms in total. The Balaban J connectivity index is 2.09. The summed E-state index contributed by atoms with van der Waals surface area (Å²) < 4.78 is 4.51. The van der Waals surface area contributed by atoms with E-state index in [4.69, 9.17) is 0 Å². The van der Waals surface area contributed by atoms with Crippen molar-refractivity contribution in [3.8, 4) is 0 Å². The van der Waals surface area contributed by atoms with Crippen molar-refractivity contribution in [2.24, 2.45) is 0 Å². The fourth-order valence-corrected chi connectivity index (χ4v) is 2.46. The summed E-state index contributed by atoms with van der Waals surface area (Å²) in [6.45, 7) is 0. The Hall–Kier alpha value is -1.35. The van der Waals surface area contributed by atoms with Gasteiger partial charge in [-0.1, -0.05) is 37.1 Å². The van der Waals surface area contributed by atoms with Gasteiger partial charge in [0.25, 0.3) is 0 Å². The lowest BCUT2D eigenvalue weighted by Crippen LogP contribution is -2.13. The molecule has 1 aromatic carbocycles. The van der Waals surface area contributed by atoms with Crippen molar-refractivity contribution >= 4 is 5.97 Å². The average molecular weight is 234 g/mol. The minimum absolute atomic E-state index is 0.596. The number of rotatable bonds is 3. The van der Waals surface area contributed by atoms with Gasteiger partial charge in [-0.15, -0.1) is 0 Å². The van der Waals surface area contributed by atoms with E-state index < -0.39 is 12.1 Å². The molecule has 1 aliphatic rings. The first kappa shape index (κ1) is 12.1. The summed E-state index contributed by atoms with van der Waals surface area (Å²) in [5.74, 6) is 0.0398. The number of esters is 1. The lowest BCUT2D eigenvalue weighted by molar-refractivity contribution is -0.150. The van der Waals surface area contributed by atoms with Crippen LogP contribution in [0.5, 0.6) is 0 Å². The zero-order valence-corrected chi connectivity index (χ0v) is 10.1. The molecule has 0 aromatic heterocycles. The van der Waals surface area contributed by atoms with Crippen molar-refractivity contribution in [1.29, 1.82) is 0 Å². The van der Waals surface area contributed by atoms with Gasteiger partial charge in [0.15, 0.2) is 6.10 Å². The Morgan fingerprint density at radius 1 is 1.29 bits per heavy atom. The first-order chi connectivity index (χ1) is 8.22. The second-order valence-electron chi connectivity index (χ2n) is 4.57. The van der Waals surface area contributed by atoms with Crippen molar-refractivity contribution in [2.45, 2.75) is 37.7 Å². The summed E-state index contributed by atoms with van der Waals surface area (Å²) >= 11 is 0. The number of benzene rings is 1. The number of hydrogen-bond donors (Lipinski definition) is 1. The Labute approximate surface area is 101 Å². The van der Waals surface area contributed by atoms with Crippen LogP contribution < -0.4 is 0 Å². The first-order valence-electron chi connectivity index (χ1n) is 6.08. The van der Waals surface area contributed by atoms with Gasteiger partial charge in [-0.05, 0) is 29.9 Å². The Bertz CT molecular complexity index is 377. The molecule has 1 N–H and O–H groups in total. The van der Waals surface area contributed by atoms with E-state index in [1.165, 1.54) is 38.4 Å². The van der Waals surface area contributed by atoms with E-state index in [1.54, 1.807) is 0 Å². The summed E-state index contributed by atoms with van der Waals surface area (Å²) in [6, 6.07) is 7.65. The zero-order chi connectivity index (χ0) is 12.3. The molecule has 0 radical (unpaired) electrons. The molecule has 0 saturated heterocycles. The average Bonchev–Trinajstić information content (AvgIpc) is 2.91. The third-order valence-corrected chi connectivity index (χ3v) is 3.50. The van der Waals surface area contributed by atoms with Crippen molar-refractivity contribution < 1.29 is 14.6 Å². The Kier molecular flexibility index (Phi) is 3.79. The molecule has 2 rings (SSSR count). The van der Waals surface area contributed by atoms with E-state index in [0.717, 1.165) is 0 Å². The van der Waals surface area contributed by atoms with Crippen LogP contribution in [-0.2, 0) is 9.53 Å². The summed E-state index contributed by atoms with van der Waals surface area (Å²) in [4.78, 5) is 11.2.